The van der Waals surface area contributed by atoms with Gasteiger partial charge in [-0.3, -0.25) is 9.59 Å². The molecule has 78 valence electrons. The normalized spacial score (nSPS) is 21.8. The van der Waals surface area contributed by atoms with E-state index in [2.05, 4.69) is 4.74 Å². The lowest BCUT2D eigenvalue weighted by Crippen LogP contribution is -2.33. The Labute approximate surface area is 82.6 Å². The van der Waals surface area contributed by atoms with Crippen LogP contribution >= 0.6 is 0 Å². The number of ether oxygens (including phenoxy) is 1. The summed E-state index contributed by atoms with van der Waals surface area (Å²) in [5.41, 5.74) is 0. The van der Waals surface area contributed by atoms with E-state index in [0.717, 1.165) is 12.8 Å². The minimum absolute atomic E-state index is 0.116. The van der Waals surface area contributed by atoms with Crippen LogP contribution in [0.5, 0.6) is 0 Å². The molecule has 1 aliphatic rings. The maximum Gasteiger partial charge on any atom is 0.375 e. The van der Waals surface area contributed by atoms with Crippen molar-refractivity contribution in [2.24, 2.45) is 5.92 Å². The van der Waals surface area contributed by atoms with Crippen LogP contribution in [0.25, 0.3) is 0 Å². The van der Waals surface area contributed by atoms with E-state index in [0.29, 0.717) is 12.8 Å². The molecule has 1 fully saturated rings. The molecule has 1 saturated carbocycles. The lowest BCUT2D eigenvalue weighted by Gasteiger charge is -2.17. The van der Waals surface area contributed by atoms with Crippen molar-refractivity contribution in [2.75, 3.05) is 6.61 Å². The van der Waals surface area contributed by atoms with E-state index in [4.69, 9.17) is 0 Å². The molecule has 14 heavy (non-hydrogen) atoms. The molecular formula is C10H14O4. The number of hydrogen-bond acceptors (Lipinski definition) is 4. The van der Waals surface area contributed by atoms with Gasteiger partial charge in [-0.05, 0) is 19.8 Å². The van der Waals surface area contributed by atoms with Gasteiger partial charge in [-0.2, -0.15) is 0 Å². The Kier molecular flexibility index (Phi) is 3.80. The zero-order valence-electron chi connectivity index (χ0n) is 8.25. The number of carbonyl (C=O) groups excluding carboxylic acids is 3. The molecule has 1 unspecified atom stereocenters. The van der Waals surface area contributed by atoms with Crippen LogP contribution in [0.4, 0.5) is 0 Å². The van der Waals surface area contributed by atoms with Crippen molar-refractivity contribution in [3.63, 3.8) is 0 Å². The fourth-order valence-electron chi connectivity index (χ4n) is 1.60. The highest BCUT2D eigenvalue weighted by atomic mass is 16.5. The Morgan fingerprint density at radius 2 is 2.14 bits per heavy atom. The van der Waals surface area contributed by atoms with Crippen molar-refractivity contribution in [1.82, 2.24) is 0 Å². The average molecular weight is 198 g/mol. The van der Waals surface area contributed by atoms with E-state index in [-0.39, 0.29) is 12.4 Å². The van der Waals surface area contributed by atoms with Crippen LogP contribution in [0, 0.1) is 5.92 Å². The molecule has 0 saturated heterocycles. The van der Waals surface area contributed by atoms with Crippen LogP contribution in [0.15, 0.2) is 0 Å². The third kappa shape index (κ3) is 2.40. The molecule has 0 radical (unpaired) electrons. The highest BCUT2D eigenvalue weighted by Gasteiger charge is 2.33. The standard InChI is InChI=1S/C10H14O4/c1-2-14-10(13)9(12)7-5-3-4-6-8(7)11/h7H,2-6H2,1H3. The van der Waals surface area contributed by atoms with Gasteiger partial charge >= 0.3 is 5.97 Å². The zero-order chi connectivity index (χ0) is 10.6. The summed E-state index contributed by atoms with van der Waals surface area (Å²) in [6, 6.07) is 0. The number of rotatable bonds is 3. The lowest BCUT2D eigenvalue weighted by atomic mass is 9.85. The van der Waals surface area contributed by atoms with Gasteiger partial charge in [0.25, 0.3) is 0 Å². The van der Waals surface area contributed by atoms with Crippen molar-refractivity contribution in [3.8, 4) is 0 Å². The molecule has 4 heteroatoms. The fraction of sp³-hybridized carbons (Fsp3) is 0.700. The number of carbonyl (C=O) groups is 3. The molecule has 1 aliphatic carbocycles. The highest BCUT2D eigenvalue weighted by Crippen LogP contribution is 2.21. The third-order valence-corrected chi connectivity index (χ3v) is 2.35. The van der Waals surface area contributed by atoms with Crippen LogP contribution in [-0.4, -0.2) is 24.1 Å². The largest absolute Gasteiger partial charge is 0.460 e. The van der Waals surface area contributed by atoms with Crippen LogP contribution in [0.2, 0.25) is 0 Å². The maximum atomic E-state index is 11.4. The molecule has 0 aliphatic heterocycles. The lowest BCUT2D eigenvalue weighted by molar-refractivity contribution is -0.157. The highest BCUT2D eigenvalue weighted by molar-refractivity contribution is 6.38. The van der Waals surface area contributed by atoms with Crippen molar-refractivity contribution < 1.29 is 19.1 Å². The Bertz CT molecular complexity index is 257. The molecule has 0 heterocycles. The molecule has 1 rings (SSSR count). The van der Waals surface area contributed by atoms with Gasteiger partial charge in [0.1, 0.15) is 5.78 Å². The minimum Gasteiger partial charge on any atom is -0.460 e. The second-order valence-corrected chi connectivity index (χ2v) is 3.35. The smallest absolute Gasteiger partial charge is 0.375 e. The molecule has 0 aromatic carbocycles. The summed E-state index contributed by atoms with van der Waals surface area (Å²) in [4.78, 5) is 33.8. The van der Waals surface area contributed by atoms with E-state index in [9.17, 15) is 14.4 Å². The van der Waals surface area contributed by atoms with Crippen LogP contribution in [0.3, 0.4) is 0 Å². The summed E-state index contributed by atoms with van der Waals surface area (Å²) in [6.45, 7) is 1.80. The van der Waals surface area contributed by atoms with Gasteiger partial charge in [-0.25, -0.2) is 4.79 Å². The predicted molar refractivity (Wildman–Crippen MR) is 48.6 cm³/mol. The maximum absolute atomic E-state index is 11.4. The van der Waals surface area contributed by atoms with Crippen LogP contribution in [-0.2, 0) is 19.1 Å². The molecule has 0 aromatic rings. The number of ketones is 2. The summed E-state index contributed by atoms with van der Waals surface area (Å²) in [5, 5.41) is 0. The van der Waals surface area contributed by atoms with Gasteiger partial charge in [-0.1, -0.05) is 6.42 Å². The first-order valence-electron chi connectivity index (χ1n) is 4.90. The first-order valence-corrected chi connectivity index (χ1v) is 4.90. The summed E-state index contributed by atoms with van der Waals surface area (Å²) in [5.74, 6) is -2.39. The Morgan fingerprint density at radius 1 is 1.43 bits per heavy atom. The molecule has 0 N–H and O–H groups in total. The quantitative estimate of drug-likeness (QED) is 0.383. The van der Waals surface area contributed by atoms with Gasteiger partial charge in [-0.15, -0.1) is 0 Å². The van der Waals surface area contributed by atoms with Gasteiger partial charge in [0.15, 0.2) is 0 Å². The molecule has 0 bridgehead atoms. The minimum atomic E-state index is -0.868. The average Bonchev–Trinajstić information content (AvgIpc) is 2.18. The topological polar surface area (TPSA) is 60.4 Å². The number of esters is 1. The summed E-state index contributed by atoms with van der Waals surface area (Å²) >= 11 is 0. The Hall–Kier alpha value is -1.19. The zero-order valence-corrected chi connectivity index (χ0v) is 8.25. The molecule has 0 spiro atoms. The SMILES string of the molecule is CCOC(=O)C(=O)C1CCCCC1=O. The predicted octanol–water partition coefficient (Wildman–Crippen LogP) is 0.878. The summed E-state index contributed by atoms with van der Waals surface area (Å²) in [6.07, 6.45) is 2.57. The summed E-state index contributed by atoms with van der Waals surface area (Å²) < 4.78 is 4.56. The number of hydrogen-bond donors (Lipinski definition) is 0. The first-order chi connectivity index (χ1) is 6.66. The summed E-state index contributed by atoms with van der Waals surface area (Å²) in [7, 11) is 0. The van der Waals surface area contributed by atoms with Crippen molar-refractivity contribution in [2.45, 2.75) is 32.6 Å². The van der Waals surface area contributed by atoms with Gasteiger partial charge in [0, 0.05) is 6.42 Å². The first kappa shape index (κ1) is 10.9. The monoisotopic (exact) mass is 198 g/mol. The molecular weight excluding hydrogens is 184 g/mol. The van der Waals surface area contributed by atoms with Gasteiger partial charge in [0.05, 0.1) is 12.5 Å². The van der Waals surface area contributed by atoms with Gasteiger partial charge < -0.3 is 4.74 Å². The fourth-order valence-corrected chi connectivity index (χ4v) is 1.60. The third-order valence-electron chi connectivity index (χ3n) is 2.35. The van der Waals surface area contributed by atoms with E-state index in [1.54, 1.807) is 6.92 Å². The van der Waals surface area contributed by atoms with Crippen LogP contribution in [0.1, 0.15) is 32.6 Å². The van der Waals surface area contributed by atoms with Crippen molar-refractivity contribution in [3.05, 3.63) is 0 Å². The van der Waals surface area contributed by atoms with Crippen LogP contribution < -0.4 is 0 Å². The van der Waals surface area contributed by atoms with E-state index < -0.39 is 17.7 Å². The Morgan fingerprint density at radius 3 is 2.71 bits per heavy atom. The van der Waals surface area contributed by atoms with E-state index in [1.165, 1.54) is 0 Å². The molecule has 4 nitrogen and oxygen atoms in total. The molecule has 0 aromatic heterocycles. The molecule has 0 amide bonds. The molecule has 1 atom stereocenters. The Balaban J connectivity index is 2.58. The van der Waals surface area contributed by atoms with Crippen molar-refractivity contribution in [1.29, 1.82) is 0 Å². The van der Waals surface area contributed by atoms with E-state index >= 15 is 0 Å². The van der Waals surface area contributed by atoms with Gasteiger partial charge in [0.2, 0.25) is 5.78 Å². The van der Waals surface area contributed by atoms with E-state index in [1.807, 2.05) is 0 Å². The number of Topliss-reactive ketones (excluding diaryl/α,β-unsaturated/α-hetero) is 2. The second kappa shape index (κ2) is 4.88. The second-order valence-electron chi connectivity index (χ2n) is 3.35. The van der Waals surface area contributed by atoms with Crippen molar-refractivity contribution >= 4 is 17.5 Å².